The molecule has 0 saturated heterocycles. The summed E-state index contributed by atoms with van der Waals surface area (Å²) in [4.78, 5) is 5.01. The van der Waals surface area contributed by atoms with Gasteiger partial charge in [-0.15, -0.1) is 24.0 Å². The van der Waals surface area contributed by atoms with Crippen LogP contribution in [0, 0.1) is 0 Å². The molecule has 0 radical (unpaired) electrons. The van der Waals surface area contributed by atoms with Crippen molar-refractivity contribution in [2.24, 2.45) is 4.99 Å². The first-order valence-electron chi connectivity index (χ1n) is 9.86. The van der Waals surface area contributed by atoms with E-state index in [-0.39, 0.29) is 24.0 Å². The minimum absolute atomic E-state index is 0. The monoisotopic (exact) mass is 553 g/mol. The van der Waals surface area contributed by atoms with E-state index in [1.165, 1.54) is 6.26 Å². The molecule has 2 N–H and O–H groups in total. The molecule has 1 aromatic heterocycles. The Morgan fingerprint density at radius 2 is 1.84 bits per heavy atom. The van der Waals surface area contributed by atoms with Crippen LogP contribution >= 0.6 is 24.0 Å². The van der Waals surface area contributed by atoms with Crippen LogP contribution in [0.15, 0.2) is 76.9 Å². The first-order chi connectivity index (χ1) is 14.5. The summed E-state index contributed by atoms with van der Waals surface area (Å²) >= 11 is 0. The summed E-state index contributed by atoms with van der Waals surface area (Å²) in [7, 11) is -3.16. The standard InChI is InChI=1S/C22H27N5O2S.HI/c1-3-23-22(24-14-12-18-8-10-21(11-9-18)30(2,28)29)25-17-19-6-4-7-20(16-19)27-15-5-13-26-27;/h4-11,13,15-16H,3,12,14,17H2,1-2H3,(H2,23,24,25);1H. The molecule has 3 aromatic rings. The van der Waals surface area contributed by atoms with E-state index in [9.17, 15) is 8.42 Å². The van der Waals surface area contributed by atoms with Gasteiger partial charge in [0, 0.05) is 31.7 Å². The first kappa shape index (κ1) is 24.9. The van der Waals surface area contributed by atoms with Crippen molar-refractivity contribution < 1.29 is 8.42 Å². The fourth-order valence-corrected chi connectivity index (χ4v) is 3.59. The third-order valence-corrected chi connectivity index (χ3v) is 5.63. The zero-order valence-corrected chi connectivity index (χ0v) is 20.8. The van der Waals surface area contributed by atoms with Gasteiger partial charge in [-0.2, -0.15) is 5.10 Å². The van der Waals surface area contributed by atoms with Crippen LogP contribution in [0.25, 0.3) is 5.69 Å². The van der Waals surface area contributed by atoms with Gasteiger partial charge in [0.25, 0.3) is 0 Å². The fraction of sp³-hybridized carbons (Fsp3) is 0.273. The van der Waals surface area contributed by atoms with Crippen molar-refractivity contribution in [3.05, 3.63) is 78.1 Å². The van der Waals surface area contributed by atoms with Gasteiger partial charge in [0.15, 0.2) is 15.8 Å². The maximum absolute atomic E-state index is 11.6. The van der Waals surface area contributed by atoms with E-state index in [2.05, 4.69) is 26.8 Å². The zero-order valence-electron chi connectivity index (χ0n) is 17.7. The van der Waals surface area contributed by atoms with Crippen LogP contribution in [0.4, 0.5) is 0 Å². The molecule has 0 aliphatic rings. The topological polar surface area (TPSA) is 88.4 Å². The molecule has 0 fully saturated rings. The van der Waals surface area contributed by atoms with Crippen LogP contribution in [0.3, 0.4) is 0 Å². The number of aromatic nitrogens is 2. The second-order valence-electron chi connectivity index (χ2n) is 6.91. The molecule has 0 atom stereocenters. The number of aliphatic imine (C=N–C) groups is 1. The summed E-state index contributed by atoms with van der Waals surface area (Å²) < 4.78 is 24.9. The number of nitrogens with zero attached hydrogens (tertiary/aromatic N) is 3. The molecule has 9 heteroatoms. The Hall–Kier alpha value is -2.40. The van der Waals surface area contributed by atoms with Crippen LogP contribution < -0.4 is 10.6 Å². The van der Waals surface area contributed by atoms with Gasteiger partial charge in [-0.1, -0.05) is 24.3 Å². The number of rotatable bonds is 8. The second-order valence-corrected chi connectivity index (χ2v) is 8.92. The lowest BCUT2D eigenvalue weighted by Crippen LogP contribution is -2.38. The number of hydrogen-bond donors (Lipinski definition) is 2. The molecule has 0 saturated carbocycles. The predicted molar refractivity (Wildman–Crippen MR) is 135 cm³/mol. The van der Waals surface area contributed by atoms with Crippen molar-refractivity contribution in [3.63, 3.8) is 0 Å². The van der Waals surface area contributed by atoms with Gasteiger partial charge in [-0.05, 0) is 54.8 Å². The first-order valence-corrected chi connectivity index (χ1v) is 11.7. The van der Waals surface area contributed by atoms with Gasteiger partial charge in [0.05, 0.1) is 17.1 Å². The lowest BCUT2D eigenvalue weighted by molar-refractivity contribution is 0.602. The van der Waals surface area contributed by atoms with Crippen molar-refractivity contribution in [3.8, 4) is 5.69 Å². The van der Waals surface area contributed by atoms with Crippen molar-refractivity contribution >= 4 is 39.8 Å². The summed E-state index contributed by atoms with van der Waals surface area (Å²) in [6.07, 6.45) is 5.65. The lowest BCUT2D eigenvalue weighted by atomic mass is 10.1. The molecule has 0 aliphatic carbocycles. The number of hydrogen-bond acceptors (Lipinski definition) is 4. The molecule has 2 aromatic carbocycles. The molecule has 0 aliphatic heterocycles. The second kappa shape index (κ2) is 11.8. The van der Waals surface area contributed by atoms with E-state index in [0.717, 1.165) is 35.7 Å². The number of sulfone groups is 1. The summed E-state index contributed by atoms with van der Waals surface area (Å²) in [5.74, 6) is 0.745. The highest BCUT2D eigenvalue weighted by molar-refractivity contribution is 14.0. The Kier molecular flexibility index (Phi) is 9.50. The average molecular weight is 553 g/mol. The highest BCUT2D eigenvalue weighted by Crippen LogP contribution is 2.11. The Morgan fingerprint density at radius 3 is 2.48 bits per heavy atom. The summed E-state index contributed by atoms with van der Waals surface area (Å²) in [6.45, 7) is 4.03. The lowest BCUT2D eigenvalue weighted by Gasteiger charge is -2.12. The number of nitrogens with one attached hydrogen (secondary N) is 2. The molecular formula is C22H28IN5O2S. The SMILES string of the molecule is CCNC(=NCc1cccc(-n2cccn2)c1)NCCc1ccc(S(C)(=O)=O)cc1.I. The molecule has 7 nitrogen and oxygen atoms in total. The van der Waals surface area contributed by atoms with Gasteiger partial charge in [-0.25, -0.2) is 18.1 Å². The quantitative estimate of drug-likeness (QED) is 0.254. The number of benzene rings is 2. The van der Waals surface area contributed by atoms with Crippen molar-refractivity contribution in [2.45, 2.75) is 24.8 Å². The molecule has 166 valence electrons. The van der Waals surface area contributed by atoms with Gasteiger partial charge in [-0.3, -0.25) is 0 Å². The van der Waals surface area contributed by atoms with Gasteiger partial charge < -0.3 is 10.6 Å². The molecule has 3 rings (SSSR count). The largest absolute Gasteiger partial charge is 0.357 e. The maximum Gasteiger partial charge on any atom is 0.191 e. The summed E-state index contributed by atoms with van der Waals surface area (Å²) in [5.41, 5.74) is 3.16. The molecule has 0 amide bonds. The molecule has 1 heterocycles. The van der Waals surface area contributed by atoms with E-state index in [0.29, 0.717) is 18.0 Å². The summed E-state index contributed by atoms with van der Waals surface area (Å²) in [6, 6.07) is 17.0. The van der Waals surface area contributed by atoms with Crippen LogP contribution in [0.1, 0.15) is 18.1 Å². The van der Waals surface area contributed by atoms with E-state index >= 15 is 0 Å². The minimum Gasteiger partial charge on any atom is -0.357 e. The molecule has 0 unspecified atom stereocenters. The Bertz CT molecular complexity index is 1080. The Labute approximate surface area is 200 Å². The van der Waals surface area contributed by atoms with Crippen molar-refractivity contribution in [2.75, 3.05) is 19.3 Å². The summed E-state index contributed by atoms with van der Waals surface area (Å²) in [5, 5.41) is 10.8. The molecule has 0 bridgehead atoms. The Morgan fingerprint density at radius 1 is 1.06 bits per heavy atom. The third-order valence-electron chi connectivity index (χ3n) is 4.50. The number of halogens is 1. The minimum atomic E-state index is -3.16. The fourth-order valence-electron chi connectivity index (χ4n) is 2.96. The third kappa shape index (κ3) is 7.66. The molecule has 31 heavy (non-hydrogen) atoms. The smallest absolute Gasteiger partial charge is 0.191 e. The molecule has 0 spiro atoms. The van der Waals surface area contributed by atoms with Gasteiger partial charge >= 0.3 is 0 Å². The van der Waals surface area contributed by atoms with E-state index < -0.39 is 9.84 Å². The normalized spacial score (nSPS) is 11.6. The highest BCUT2D eigenvalue weighted by atomic mass is 127. The van der Waals surface area contributed by atoms with Gasteiger partial charge in [0.1, 0.15) is 0 Å². The number of guanidine groups is 1. The van der Waals surface area contributed by atoms with E-state index in [1.54, 1.807) is 18.3 Å². The van der Waals surface area contributed by atoms with Gasteiger partial charge in [0.2, 0.25) is 0 Å². The molecular weight excluding hydrogens is 525 g/mol. The van der Waals surface area contributed by atoms with Crippen molar-refractivity contribution in [1.29, 1.82) is 0 Å². The highest BCUT2D eigenvalue weighted by Gasteiger charge is 2.06. The van der Waals surface area contributed by atoms with Crippen LogP contribution in [0.5, 0.6) is 0 Å². The Balaban J connectivity index is 0.00000341. The zero-order chi connectivity index (χ0) is 21.4. The van der Waals surface area contributed by atoms with E-state index in [1.807, 2.05) is 54.2 Å². The van der Waals surface area contributed by atoms with Crippen molar-refractivity contribution in [1.82, 2.24) is 20.4 Å². The van der Waals surface area contributed by atoms with Crippen LogP contribution in [-0.2, 0) is 22.8 Å². The van der Waals surface area contributed by atoms with Crippen LogP contribution in [-0.4, -0.2) is 43.5 Å². The van der Waals surface area contributed by atoms with E-state index in [4.69, 9.17) is 0 Å². The average Bonchev–Trinajstić information content (AvgIpc) is 3.27. The van der Waals surface area contributed by atoms with Crippen LogP contribution in [0.2, 0.25) is 0 Å². The maximum atomic E-state index is 11.6. The predicted octanol–water partition coefficient (Wildman–Crippen LogP) is 3.19.